The summed E-state index contributed by atoms with van der Waals surface area (Å²) < 4.78 is 5.42. The van der Waals surface area contributed by atoms with Gasteiger partial charge in [-0.05, 0) is 54.9 Å². The van der Waals surface area contributed by atoms with E-state index in [1.165, 1.54) is 5.56 Å². The normalized spacial score (nSPS) is 12.7. The van der Waals surface area contributed by atoms with Crippen LogP contribution in [0.1, 0.15) is 22.9 Å². The van der Waals surface area contributed by atoms with Crippen molar-refractivity contribution in [2.24, 2.45) is 0 Å². The number of pyridine rings is 1. The monoisotopic (exact) mass is 236 g/mol. The Morgan fingerprint density at radius 1 is 1.38 bits per heavy atom. The summed E-state index contributed by atoms with van der Waals surface area (Å²) in [5.41, 5.74) is 2.26. The Kier molecular flexibility index (Phi) is 3.27. The third kappa shape index (κ3) is 2.10. The van der Waals surface area contributed by atoms with Crippen LogP contribution in [0.5, 0.6) is 0 Å². The molecule has 0 radical (unpaired) electrons. The second-order valence-electron chi connectivity index (χ2n) is 3.60. The second-order valence-corrected chi connectivity index (χ2v) is 3.97. The summed E-state index contributed by atoms with van der Waals surface area (Å²) in [7, 11) is 1.88. The van der Waals surface area contributed by atoms with Crippen molar-refractivity contribution in [1.29, 1.82) is 0 Å². The summed E-state index contributed by atoms with van der Waals surface area (Å²) >= 11 is 5.78. The van der Waals surface area contributed by atoms with Gasteiger partial charge in [0.1, 0.15) is 5.76 Å². The van der Waals surface area contributed by atoms with Crippen LogP contribution in [0.3, 0.4) is 0 Å². The maximum Gasteiger partial charge on any atom is 0.193 e. The lowest BCUT2D eigenvalue weighted by Gasteiger charge is -2.15. The standard InChI is InChI=1S/C12H13ClN2O/c1-8-5-6-15-7-9(8)12(14-2)10-3-4-11(13)16-10/h3-7,12,14H,1-2H3. The molecule has 0 amide bonds. The lowest BCUT2D eigenvalue weighted by atomic mass is 10.0. The number of hydrogen-bond donors (Lipinski definition) is 1. The van der Waals surface area contributed by atoms with Gasteiger partial charge in [-0.15, -0.1) is 0 Å². The average Bonchev–Trinajstić information content (AvgIpc) is 2.69. The Labute approximate surface area is 99.5 Å². The quantitative estimate of drug-likeness (QED) is 0.891. The highest BCUT2D eigenvalue weighted by molar-refractivity contribution is 6.28. The SMILES string of the molecule is CNC(c1ccc(Cl)o1)c1cnccc1C. The summed E-state index contributed by atoms with van der Waals surface area (Å²) in [6, 6.07) is 5.58. The van der Waals surface area contributed by atoms with Gasteiger partial charge in [-0.1, -0.05) is 0 Å². The summed E-state index contributed by atoms with van der Waals surface area (Å²) in [4.78, 5) is 4.13. The third-order valence-corrected chi connectivity index (χ3v) is 2.76. The summed E-state index contributed by atoms with van der Waals surface area (Å²) in [6.45, 7) is 2.05. The van der Waals surface area contributed by atoms with Gasteiger partial charge in [-0.25, -0.2) is 0 Å². The van der Waals surface area contributed by atoms with Gasteiger partial charge in [0.2, 0.25) is 0 Å². The average molecular weight is 237 g/mol. The Morgan fingerprint density at radius 3 is 2.75 bits per heavy atom. The zero-order valence-electron chi connectivity index (χ0n) is 9.20. The smallest absolute Gasteiger partial charge is 0.193 e. The fraction of sp³-hybridized carbons (Fsp3) is 0.250. The fourth-order valence-corrected chi connectivity index (χ4v) is 1.86. The molecule has 0 saturated carbocycles. The lowest BCUT2D eigenvalue weighted by molar-refractivity contribution is 0.463. The molecule has 0 aromatic carbocycles. The second kappa shape index (κ2) is 4.68. The van der Waals surface area contributed by atoms with Gasteiger partial charge in [-0.2, -0.15) is 0 Å². The van der Waals surface area contributed by atoms with Gasteiger partial charge < -0.3 is 9.73 Å². The number of aromatic nitrogens is 1. The van der Waals surface area contributed by atoms with Crippen molar-refractivity contribution in [3.05, 3.63) is 52.7 Å². The Bertz CT molecular complexity index is 481. The molecule has 2 aromatic heterocycles. The molecule has 1 unspecified atom stereocenters. The molecule has 4 heteroatoms. The minimum Gasteiger partial charge on any atom is -0.448 e. The van der Waals surface area contributed by atoms with E-state index in [9.17, 15) is 0 Å². The van der Waals surface area contributed by atoms with Gasteiger partial charge in [0.15, 0.2) is 5.22 Å². The molecule has 2 aromatic rings. The van der Waals surface area contributed by atoms with Crippen molar-refractivity contribution in [1.82, 2.24) is 10.3 Å². The van der Waals surface area contributed by atoms with E-state index in [1.54, 1.807) is 12.3 Å². The predicted molar refractivity (Wildman–Crippen MR) is 63.6 cm³/mol. The van der Waals surface area contributed by atoms with E-state index < -0.39 is 0 Å². The molecule has 0 aliphatic heterocycles. The molecule has 0 fully saturated rings. The number of nitrogens with zero attached hydrogens (tertiary/aromatic N) is 1. The minimum absolute atomic E-state index is 0.0128. The van der Waals surface area contributed by atoms with Crippen molar-refractivity contribution >= 4 is 11.6 Å². The number of hydrogen-bond acceptors (Lipinski definition) is 3. The highest BCUT2D eigenvalue weighted by Gasteiger charge is 2.17. The maximum absolute atomic E-state index is 5.78. The van der Waals surface area contributed by atoms with Crippen molar-refractivity contribution in [3.8, 4) is 0 Å². The number of rotatable bonds is 3. The molecule has 0 aliphatic carbocycles. The van der Waals surface area contributed by atoms with E-state index >= 15 is 0 Å². The van der Waals surface area contributed by atoms with Crippen LogP contribution in [0.25, 0.3) is 0 Å². The molecule has 0 aliphatic rings. The predicted octanol–water partition coefficient (Wildman–Crippen LogP) is 2.95. The molecule has 1 atom stereocenters. The molecule has 2 rings (SSSR count). The minimum atomic E-state index is -0.0128. The Hall–Kier alpha value is -1.32. The highest BCUT2D eigenvalue weighted by Crippen LogP contribution is 2.26. The van der Waals surface area contributed by atoms with Crippen LogP contribution in [0.2, 0.25) is 5.22 Å². The summed E-state index contributed by atoms with van der Waals surface area (Å²) in [5, 5.41) is 3.60. The van der Waals surface area contributed by atoms with Crippen LogP contribution < -0.4 is 5.32 Å². The Balaban J connectivity index is 2.40. The van der Waals surface area contributed by atoms with Crippen LogP contribution in [0, 0.1) is 6.92 Å². The third-order valence-electron chi connectivity index (χ3n) is 2.56. The van der Waals surface area contributed by atoms with Crippen molar-refractivity contribution in [2.75, 3.05) is 7.05 Å². The Morgan fingerprint density at radius 2 is 2.19 bits per heavy atom. The number of halogens is 1. The molecule has 2 heterocycles. The number of furan rings is 1. The zero-order chi connectivity index (χ0) is 11.5. The van der Waals surface area contributed by atoms with E-state index in [4.69, 9.17) is 16.0 Å². The van der Waals surface area contributed by atoms with Crippen molar-refractivity contribution in [3.63, 3.8) is 0 Å². The van der Waals surface area contributed by atoms with Crippen molar-refractivity contribution < 1.29 is 4.42 Å². The molecule has 84 valence electrons. The first-order chi connectivity index (χ1) is 7.72. The molecule has 0 spiro atoms. The van der Waals surface area contributed by atoms with Crippen LogP contribution in [-0.4, -0.2) is 12.0 Å². The van der Waals surface area contributed by atoms with Crippen LogP contribution in [-0.2, 0) is 0 Å². The van der Waals surface area contributed by atoms with E-state index in [1.807, 2.05) is 32.3 Å². The van der Waals surface area contributed by atoms with E-state index in [0.717, 1.165) is 11.3 Å². The maximum atomic E-state index is 5.78. The van der Waals surface area contributed by atoms with E-state index in [-0.39, 0.29) is 6.04 Å². The number of nitrogens with one attached hydrogen (secondary N) is 1. The first-order valence-corrected chi connectivity index (χ1v) is 5.43. The lowest BCUT2D eigenvalue weighted by Crippen LogP contribution is -2.18. The van der Waals surface area contributed by atoms with Gasteiger partial charge in [0.05, 0.1) is 6.04 Å². The van der Waals surface area contributed by atoms with E-state index in [0.29, 0.717) is 5.22 Å². The zero-order valence-corrected chi connectivity index (χ0v) is 9.95. The van der Waals surface area contributed by atoms with E-state index in [2.05, 4.69) is 10.3 Å². The van der Waals surface area contributed by atoms with Gasteiger partial charge in [0, 0.05) is 12.4 Å². The van der Waals surface area contributed by atoms with Gasteiger partial charge >= 0.3 is 0 Å². The summed E-state index contributed by atoms with van der Waals surface area (Å²) in [5.74, 6) is 0.795. The van der Waals surface area contributed by atoms with Gasteiger partial charge in [-0.3, -0.25) is 4.98 Å². The van der Waals surface area contributed by atoms with Crippen LogP contribution in [0.4, 0.5) is 0 Å². The highest BCUT2D eigenvalue weighted by atomic mass is 35.5. The molecule has 0 saturated heterocycles. The molecule has 16 heavy (non-hydrogen) atoms. The molecule has 1 N–H and O–H groups in total. The molecular weight excluding hydrogens is 224 g/mol. The first kappa shape index (κ1) is 11.2. The molecular formula is C12H13ClN2O. The summed E-state index contributed by atoms with van der Waals surface area (Å²) in [6.07, 6.45) is 3.62. The van der Waals surface area contributed by atoms with Gasteiger partial charge in [0.25, 0.3) is 0 Å². The van der Waals surface area contributed by atoms with Crippen molar-refractivity contribution in [2.45, 2.75) is 13.0 Å². The fourth-order valence-electron chi connectivity index (χ4n) is 1.71. The van der Waals surface area contributed by atoms with Crippen LogP contribution >= 0.6 is 11.6 Å². The topological polar surface area (TPSA) is 38.1 Å². The molecule has 0 bridgehead atoms. The molecule has 3 nitrogen and oxygen atoms in total. The largest absolute Gasteiger partial charge is 0.448 e. The first-order valence-electron chi connectivity index (χ1n) is 5.05. The number of aryl methyl sites for hydroxylation is 1. The van der Waals surface area contributed by atoms with Crippen LogP contribution in [0.15, 0.2) is 35.0 Å².